The fourth-order valence-corrected chi connectivity index (χ4v) is 2.02. The number of benzene rings is 1. The van der Waals surface area contributed by atoms with Crippen LogP contribution in [0.1, 0.15) is 11.6 Å². The van der Waals surface area contributed by atoms with Gasteiger partial charge in [-0.15, -0.1) is 11.3 Å². The molecular weight excluding hydrogens is 206 g/mol. The molecule has 3 nitrogen and oxygen atoms in total. The van der Waals surface area contributed by atoms with Crippen LogP contribution in [0.5, 0.6) is 0 Å². The van der Waals surface area contributed by atoms with Crippen LogP contribution in [0.3, 0.4) is 0 Å². The lowest BCUT2D eigenvalue weighted by Crippen LogP contribution is -2.20. The Balaban J connectivity index is 2.25. The lowest BCUT2D eigenvalue weighted by atomic mass is 10.1. The van der Waals surface area contributed by atoms with E-state index in [2.05, 4.69) is 4.98 Å². The number of hydrogen-bond donors (Lipinski definition) is 2. The van der Waals surface area contributed by atoms with Crippen LogP contribution in [0.2, 0.25) is 0 Å². The Hall–Kier alpha value is -1.23. The highest BCUT2D eigenvalue weighted by atomic mass is 32.1. The van der Waals surface area contributed by atoms with E-state index in [1.165, 1.54) is 0 Å². The first-order valence-corrected chi connectivity index (χ1v) is 5.64. The maximum Gasteiger partial charge on any atom is 0.123 e. The molecule has 2 rings (SSSR count). The van der Waals surface area contributed by atoms with E-state index >= 15 is 0 Å². The largest absolute Gasteiger partial charge is 0.329 e. The molecule has 0 amide bonds. The summed E-state index contributed by atoms with van der Waals surface area (Å²) in [5, 5.41) is 3.00. The maximum atomic E-state index is 5.82. The average molecular weight is 219 g/mol. The van der Waals surface area contributed by atoms with E-state index in [9.17, 15) is 0 Å². The molecule has 0 radical (unpaired) electrons. The minimum Gasteiger partial charge on any atom is -0.329 e. The van der Waals surface area contributed by atoms with Crippen LogP contribution < -0.4 is 11.5 Å². The molecule has 1 aromatic carbocycles. The third kappa shape index (κ3) is 2.23. The van der Waals surface area contributed by atoms with Gasteiger partial charge < -0.3 is 11.5 Å². The third-order valence-electron chi connectivity index (χ3n) is 2.27. The number of nitrogens with zero attached hydrogens (tertiary/aromatic N) is 1. The Bertz CT molecular complexity index is 408. The fraction of sp³-hybridized carbons (Fsp3) is 0.182. The molecule has 1 aromatic heterocycles. The summed E-state index contributed by atoms with van der Waals surface area (Å²) in [5.74, 6) is 0. The van der Waals surface area contributed by atoms with Crippen molar-refractivity contribution in [3.63, 3.8) is 0 Å². The zero-order valence-electron chi connectivity index (χ0n) is 8.26. The van der Waals surface area contributed by atoms with Crippen LogP contribution >= 0.6 is 11.3 Å². The van der Waals surface area contributed by atoms with Crippen molar-refractivity contribution in [2.75, 3.05) is 6.54 Å². The van der Waals surface area contributed by atoms with E-state index in [1.54, 1.807) is 17.5 Å². The molecule has 0 spiro atoms. The summed E-state index contributed by atoms with van der Waals surface area (Å²) >= 11 is 1.63. The quantitative estimate of drug-likeness (QED) is 0.826. The van der Waals surface area contributed by atoms with Gasteiger partial charge in [0, 0.05) is 29.7 Å². The van der Waals surface area contributed by atoms with Crippen molar-refractivity contribution in [3.8, 4) is 10.6 Å². The second-order valence-electron chi connectivity index (χ2n) is 3.30. The molecule has 0 aliphatic carbocycles. The lowest BCUT2D eigenvalue weighted by molar-refractivity contribution is 0.737. The van der Waals surface area contributed by atoms with E-state index in [0.29, 0.717) is 6.54 Å². The molecule has 1 unspecified atom stereocenters. The highest BCUT2D eigenvalue weighted by molar-refractivity contribution is 7.13. The summed E-state index contributed by atoms with van der Waals surface area (Å²) in [7, 11) is 0. The summed E-state index contributed by atoms with van der Waals surface area (Å²) in [6.07, 6.45) is 1.81. The molecule has 15 heavy (non-hydrogen) atoms. The molecule has 0 saturated heterocycles. The Morgan fingerprint density at radius 2 is 2.00 bits per heavy atom. The second-order valence-corrected chi connectivity index (χ2v) is 4.20. The van der Waals surface area contributed by atoms with Gasteiger partial charge in [0.25, 0.3) is 0 Å². The van der Waals surface area contributed by atoms with Crippen molar-refractivity contribution < 1.29 is 0 Å². The topological polar surface area (TPSA) is 64.9 Å². The number of hydrogen-bond acceptors (Lipinski definition) is 4. The average Bonchev–Trinajstić information content (AvgIpc) is 2.82. The molecule has 1 heterocycles. The van der Waals surface area contributed by atoms with E-state index in [-0.39, 0.29) is 6.04 Å². The van der Waals surface area contributed by atoms with Crippen molar-refractivity contribution >= 4 is 11.3 Å². The van der Waals surface area contributed by atoms with Crippen LogP contribution in [0.25, 0.3) is 10.6 Å². The first-order chi connectivity index (χ1) is 7.31. The monoisotopic (exact) mass is 219 g/mol. The Morgan fingerprint density at radius 3 is 2.53 bits per heavy atom. The molecule has 78 valence electrons. The third-order valence-corrected chi connectivity index (χ3v) is 3.09. The van der Waals surface area contributed by atoms with Crippen LogP contribution in [0, 0.1) is 0 Å². The molecule has 4 heteroatoms. The molecule has 0 fully saturated rings. The maximum absolute atomic E-state index is 5.82. The van der Waals surface area contributed by atoms with Crippen molar-refractivity contribution in [2.24, 2.45) is 11.5 Å². The molecule has 0 saturated carbocycles. The summed E-state index contributed by atoms with van der Waals surface area (Å²) in [4.78, 5) is 4.24. The first-order valence-electron chi connectivity index (χ1n) is 4.76. The standard InChI is InChI=1S/C11H13N3S/c12-7-10(13)8-1-3-9(4-2-8)11-14-5-6-15-11/h1-6,10H,7,12-13H2. The van der Waals surface area contributed by atoms with Gasteiger partial charge in [-0.25, -0.2) is 4.98 Å². The smallest absolute Gasteiger partial charge is 0.123 e. The molecule has 4 N–H and O–H groups in total. The summed E-state index contributed by atoms with van der Waals surface area (Å²) < 4.78 is 0. The van der Waals surface area contributed by atoms with Gasteiger partial charge in [0.2, 0.25) is 0 Å². The van der Waals surface area contributed by atoms with Gasteiger partial charge in [-0.2, -0.15) is 0 Å². The van der Waals surface area contributed by atoms with Crippen molar-refractivity contribution in [3.05, 3.63) is 41.4 Å². The molecule has 2 aromatic rings. The minimum atomic E-state index is -0.0738. The first kappa shape index (κ1) is 10.3. The lowest BCUT2D eigenvalue weighted by Gasteiger charge is -2.08. The fourth-order valence-electron chi connectivity index (χ4n) is 1.37. The normalized spacial score (nSPS) is 12.7. The summed E-state index contributed by atoms with van der Waals surface area (Å²) in [6.45, 7) is 0.469. The Morgan fingerprint density at radius 1 is 1.27 bits per heavy atom. The highest BCUT2D eigenvalue weighted by Crippen LogP contribution is 2.22. The SMILES string of the molecule is NCC(N)c1ccc(-c2nccs2)cc1. The molecule has 0 bridgehead atoms. The molecule has 0 aliphatic heterocycles. The number of rotatable bonds is 3. The Labute approximate surface area is 92.8 Å². The summed E-state index contributed by atoms with van der Waals surface area (Å²) in [6, 6.07) is 8.01. The van der Waals surface area contributed by atoms with Crippen molar-refractivity contribution in [2.45, 2.75) is 6.04 Å². The molecular formula is C11H13N3S. The van der Waals surface area contributed by atoms with Crippen molar-refractivity contribution in [1.82, 2.24) is 4.98 Å². The Kier molecular flexibility index (Phi) is 3.11. The number of nitrogens with two attached hydrogens (primary N) is 2. The zero-order chi connectivity index (χ0) is 10.7. The van der Waals surface area contributed by atoms with Crippen molar-refractivity contribution in [1.29, 1.82) is 0 Å². The van der Waals surface area contributed by atoms with Crippen LogP contribution in [0.4, 0.5) is 0 Å². The van der Waals surface area contributed by atoms with Crippen LogP contribution in [-0.2, 0) is 0 Å². The van der Waals surface area contributed by atoms with Gasteiger partial charge in [0.05, 0.1) is 0 Å². The van der Waals surface area contributed by atoms with Gasteiger partial charge in [-0.1, -0.05) is 24.3 Å². The molecule has 1 atom stereocenters. The second kappa shape index (κ2) is 4.53. The number of aromatic nitrogens is 1. The van der Waals surface area contributed by atoms with Gasteiger partial charge in [-0.3, -0.25) is 0 Å². The molecule has 0 aliphatic rings. The summed E-state index contributed by atoms with van der Waals surface area (Å²) in [5.41, 5.74) is 13.5. The van der Waals surface area contributed by atoms with Gasteiger partial charge in [0.1, 0.15) is 5.01 Å². The van der Waals surface area contributed by atoms with E-state index in [0.717, 1.165) is 16.1 Å². The predicted octanol–water partition coefficient (Wildman–Crippen LogP) is 1.77. The zero-order valence-corrected chi connectivity index (χ0v) is 9.08. The van der Waals surface area contributed by atoms with E-state index < -0.39 is 0 Å². The van der Waals surface area contributed by atoms with Gasteiger partial charge in [-0.05, 0) is 5.56 Å². The van der Waals surface area contributed by atoms with E-state index in [4.69, 9.17) is 11.5 Å². The van der Waals surface area contributed by atoms with E-state index in [1.807, 2.05) is 29.6 Å². The minimum absolute atomic E-state index is 0.0738. The van der Waals surface area contributed by atoms with Gasteiger partial charge in [0.15, 0.2) is 0 Å². The van der Waals surface area contributed by atoms with Crippen LogP contribution in [0.15, 0.2) is 35.8 Å². The number of thiazole rings is 1. The predicted molar refractivity (Wildman–Crippen MR) is 63.5 cm³/mol. The van der Waals surface area contributed by atoms with Crippen LogP contribution in [-0.4, -0.2) is 11.5 Å². The van der Waals surface area contributed by atoms with Gasteiger partial charge >= 0.3 is 0 Å². The highest BCUT2D eigenvalue weighted by Gasteiger charge is 2.04.